The second kappa shape index (κ2) is 8.47. The summed E-state index contributed by atoms with van der Waals surface area (Å²) in [6.07, 6.45) is 5.18. The van der Waals surface area contributed by atoms with E-state index in [2.05, 4.69) is 9.88 Å². The second-order valence-electron chi connectivity index (χ2n) is 6.40. The number of aromatic nitrogens is 1. The number of hydrogen-bond donors (Lipinski definition) is 1. The summed E-state index contributed by atoms with van der Waals surface area (Å²) in [6.45, 7) is 1.96. The molecule has 0 bridgehead atoms. The molecule has 1 aromatic carbocycles. The fourth-order valence-electron chi connectivity index (χ4n) is 3.09. The molecule has 136 valence electrons. The van der Waals surface area contributed by atoms with Crippen molar-refractivity contribution in [1.82, 2.24) is 4.98 Å². The first kappa shape index (κ1) is 17.9. The van der Waals surface area contributed by atoms with Crippen LogP contribution >= 0.6 is 0 Å². The third-order valence-corrected chi connectivity index (χ3v) is 4.50. The van der Waals surface area contributed by atoms with E-state index in [-0.39, 0.29) is 0 Å². The Morgan fingerprint density at radius 1 is 1.00 bits per heavy atom. The number of primary amides is 1. The lowest BCUT2D eigenvalue weighted by atomic mass is 10.1. The minimum atomic E-state index is -1.12. The van der Waals surface area contributed by atoms with Gasteiger partial charge in [-0.1, -0.05) is 43.2 Å². The van der Waals surface area contributed by atoms with Crippen molar-refractivity contribution in [3.63, 3.8) is 0 Å². The molecule has 2 heterocycles. The zero-order valence-corrected chi connectivity index (χ0v) is 14.6. The van der Waals surface area contributed by atoms with Gasteiger partial charge in [-0.15, -0.1) is 0 Å². The molecule has 6 nitrogen and oxygen atoms in total. The van der Waals surface area contributed by atoms with Crippen LogP contribution in [0.25, 0.3) is 0 Å². The Hall–Kier alpha value is -2.89. The molecule has 2 N–H and O–H groups in total. The largest absolute Gasteiger partial charge is 0.444 e. The summed E-state index contributed by atoms with van der Waals surface area (Å²) in [6, 6.07) is 12.2. The van der Waals surface area contributed by atoms with Crippen molar-refractivity contribution >= 4 is 17.7 Å². The highest BCUT2D eigenvalue weighted by molar-refractivity contribution is 5.92. The number of esters is 1. The third kappa shape index (κ3) is 4.39. The molecular formula is C20H23N3O3. The highest BCUT2D eigenvalue weighted by atomic mass is 16.5. The highest BCUT2D eigenvalue weighted by Gasteiger charge is 2.23. The Labute approximate surface area is 153 Å². The Morgan fingerprint density at radius 3 is 2.27 bits per heavy atom. The van der Waals surface area contributed by atoms with Gasteiger partial charge in [-0.3, -0.25) is 4.79 Å². The van der Waals surface area contributed by atoms with E-state index >= 15 is 0 Å². The van der Waals surface area contributed by atoms with Crippen molar-refractivity contribution in [3.05, 3.63) is 59.8 Å². The van der Waals surface area contributed by atoms with Crippen LogP contribution in [-0.2, 0) is 9.53 Å². The molecule has 1 saturated heterocycles. The number of carbonyl (C=O) groups is 2. The average Bonchev–Trinajstić information content (AvgIpc) is 2.96. The van der Waals surface area contributed by atoms with Crippen LogP contribution in [0.15, 0.2) is 48.7 Å². The van der Waals surface area contributed by atoms with Crippen LogP contribution in [0.2, 0.25) is 0 Å². The van der Waals surface area contributed by atoms with Gasteiger partial charge in [0.25, 0.3) is 5.91 Å². The van der Waals surface area contributed by atoms with Gasteiger partial charge in [-0.25, -0.2) is 9.78 Å². The van der Waals surface area contributed by atoms with Gasteiger partial charge in [0.1, 0.15) is 5.82 Å². The smallest absolute Gasteiger partial charge is 0.340 e. The highest BCUT2D eigenvalue weighted by Crippen LogP contribution is 2.21. The van der Waals surface area contributed by atoms with E-state index in [4.69, 9.17) is 10.5 Å². The Kier molecular flexibility index (Phi) is 5.84. The molecule has 1 amide bonds. The molecule has 6 heteroatoms. The van der Waals surface area contributed by atoms with Crippen molar-refractivity contribution in [3.8, 4) is 0 Å². The van der Waals surface area contributed by atoms with Crippen molar-refractivity contribution in [2.75, 3.05) is 18.0 Å². The van der Waals surface area contributed by atoms with Crippen molar-refractivity contribution in [1.29, 1.82) is 0 Å². The van der Waals surface area contributed by atoms with E-state index in [0.717, 1.165) is 31.7 Å². The van der Waals surface area contributed by atoms with Gasteiger partial charge in [-0.2, -0.15) is 0 Å². The Bertz CT molecular complexity index is 739. The van der Waals surface area contributed by atoms with Crippen molar-refractivity contribution < 1.29 is 14.3 Å². The minimum absolute atomic E-state index is 0.297. The Morgan fingerprint density at radius 2 is 1.69 bits per heavy atom. The number of pyridine rings is 1. The second-order valence-corrected chi connectivity index (χ2v) is 6.40. The van der Waals surface area contributed by atoms with Crippen molar-refractivity contribution in [2.45, 2.75) is 31.8 Å². The van der Waals surface area contributed by atoms with Crippen molar-refractivity contribution in [2.24, 2.45) is 5.73 Å². The zero-order valence-electron chi connectivity index (χ0n) is 14.6. The van der Waals surface area contributed by atoms with Gasteiger partial charge in [-0.05, 0) is 25.0 Å². The first-order chi connectivity index (χ1) is 12.6. The van der Waals surface area contributed by atoms with E-state index in [9.17, 15) is 9.59 Å². The van der Waals surface area contributed by atoms with Gasteiger partial charge in [0, 0.05) is 24.8 Å². The predicted molar refractivity (Wildman–Crippen MR) is 98.7 cm³/mol. The maximum atomic E-state index is 12.4. The van der Waals surface area contributed by atoms with Gasteiger partial charge in [0.15, 0.2) is 0 Å². The number of carbonyl (C=O) groups excluding carboxylic acids is 2. The number of ether oxygens (including phenoxy) is 1. The molecule has 1 aliphatic rings. The monoisotopic (exact) mass is 353 g/mol. The number of rotatable bonds is 5. The van der Waals surface area contributed by atoms with Crippen LogP contribution in [0.5, 0.6) is 0 Å². The standard InChI is InChI=1S/C20H23N3O3/c21-19(24)18(15-8-4-3-5-9-15)26-20(25)16-10-11-17(22-14-16)23-12-6-1-2-7-13-23/h3-5,8-11,14,18H,1-2,6-7,12-13H2,(H2,21,24). The number of hydrogen-bond acceptors (Lipinski definition) is 5. The average molecular weight is 353 g/mol. The number of nitrogens with zero attached hydrogens (tertiary/aromatic N) is 2. The first-order valence-electron chi connectivity index (χ1n) is 8.91. The normalized spacial score (nSPS) is 15.8. The van der Waals surface area contributed by atoms with Gasteiger partial charge in [0.2, 0.25) is 6.10 Å². The van der Waals surface area contributed by atoms with Crippen LogP contribution in [0.1, 0.15) is 47.7 Å². The summed E-state index contributed by atoms with van der Waals surface area (Å²) in [5.74, 6) is -0.468. The van der Waals surface area contributed by atoms with E-state index in [0.29, 0.717) is 11.1 Å². The number of anilines is 1. The fraction of sp³-hybridized carbons (Fsp3) is 0.350. The van der Waals surface area contributed by atoms with Crippen LogP contribution in [0.4, 0.5) is 5.82 Å². The van der Waals surface area contributed by atoms with E-state index < -0.39 is 18.0 Å². The topological polar surface area (TPSA) is 85.5 Å². The quantitative estimate of drug-likeness (QED) is 0.836. The molecule has 1 unspecified atom stereocenters. The van der Waals surface area contributed by atoms with Gasteiger partial charge < -0.3 is 15.4 Å². The lowest BCUT2D eigenvalue weighted by molar-refractivity contribution is -0.127. The number of nitrogens with two attached hydrogens (primary N) is 1. The summed E-state index contributed by atoms with van der Waals surface area (Å²) in [5, 5.41) is 0. The predicted octanol–water partition coefficient (Wildman–Crippen LogP) is 2.85. The third-order valence-electron chi connectivity index (χ3n) is 4.50. The van der Waals surface area contributed by atoms with Crippen LogP contribution in [-0.4, -0.2) is 29.9 Å². The molecule has 1 atom stereocenters. The number of benzene rings is 1. The van der Waals surface area contributed by atoms with Crippen LogP contribution < -0.4 is 10.6 Å². The van der Waals surface area contributed by atoms with Gasteiger partial charge >= 0.3 is 5.97 Å². The summed E-state index contributed by atoms with van der Waals surface area (Å²) < 4.78 is 5.32. The fourth-order valence-corrected chi connectivity index (χ4v) is 3.09. The zero-order chi connectivity index (χ0) is 18.4. The van der Waals surface area contributed by atoms with Gasteiger partial charge in [0.05, 0.1) is 5.56 Å². The molecule has 0 radical (unpaired) electrons. The molecule has 26 heavy (non-hydrogen) atoms. The van der Waals surface area contributed by atoms with E-state index in [1.807, 2.05) is 12.1 Å². The van der Waals surface area contributed by atoms with Crippen LogP contribution in [0, 0.1) is 0 Å². The lowest BCUT2D eigenvalue weighted by Gasteiger charge is -2.21. The molecule has 3 rings (SSSR count). The molecular weight excluding hydrogens is 330 g/mol. The Balaban J connectivity index is 1.70. The maximum Gasteiger partial charge on any atom is 0.340 e. The maximum absolute atomic E-state index is 12.4. The summed E-state index contributed by atoms with van der Waals surface area (Å²) in [5.41, 5.74) is 6.23. The molecule has 0 aliphatic carbocycles. The van der Waals surface area contributed by atoms with E-state index in [1.165, 1.54) is 19.0 Å². The summed E-state index contributed by atoms with van der Waals surface area (Å²) in [4.78, 5) is 30.7. The molecule has 1 aromatic heterocycles. The molecule has 1 fully saturated rings. The molecule has 1 aliphatic heterocycles. The lowest BCUT2D eigenvalue weighted by Crippen LogP contribution is -2.27. The summed E-state index contributed by atoms with van der Waals surface area (Å²) >= 11 is 0. The first-order valence-corrected chi connectivity index (χ1v) is 8.91. The summed E-state index contributed by atoms with van der Waals surface area (Å²) in [7, 11) is 0. The van der Waals surface area contributed by atoms with E-state index in [1.54, 1.807) is 30.3 Å². The minimum Gasteiger partial charge on any atom is -0.444 e. The molecule has 2 aromatic rings. The SMILES string of the molecule is NC(=O)C(OC(=O)c1ccc(N2CCCCCC2)nc1)c1ccccc1. The van der Waals surface area contributed by atoms with Crippen LogP contribution in [0.3, 0.4) is 0 Å². The molecule has 0 saturated carbocycles. The molecule has 0 spiro atoms. The number of amides is 1.